The van der Waals surface area contributed by atoms with E-state index >= 15 is 0 Å². The molecule has 5 heteroatoms. The Balaban J connectivity index is 1.79. The van der Waals surface area contributed by atoms with Crippen LogP contribution in [0.3, 0.4) is 0 Å². The summed E-state index contributed by atoms with van der Waals surface area (Å²) < 4.78 is 0. The molecule has 0 spiro atoms. The lowest BCUT2D eigenvalue weighted by Crippen LogP contribution is -2.40. The van der Waals surface area contributed by atoms with Gasteiger partial charge in [0.05, 0.1) is 19.1 Å². The number of aliphatic hydroxyl groups excluding tert-OH is 1. The first-order valence-electron chi connectivity index (χ1n) is 8.43. The Morgan fingerprint density at radius 2 is 2.00 bits per heavy atom. The van der Waals surface area contributed by atoms with E-state index < -0.39 is 0 Å². The van der Waals surface area contributed by atoms with Gasteiger partial charge in [0.1, 0.15) is 0 Å². The number of amides is 2. The van der Waals surface area contributed by atoms with Gasteiger partial charge in [-0.05, 0) is 35.2 Å². The number of fused-ring (bicyclic) bond motifs is 1. The number of hydrogen-bond donors (Lipinski definition) is 2. The van der Waals surface area contributed by atoms with E-state index in [2.05, 4.69) is 11.4 Å². The third-order valence-corrected chi connectivity index (χ3v) is 4.59. The highest BCUT2D eigenvalue weighted by atomic mass is 16.3. The first kappa shape index (κ1) is 17.2. The van der Waals surface area contributed by atoms with Crippen molar-refractivity contribution in [3.8, 4) is 0 Å². The fourth-order valence-corrected chi connectivity index (χ4v) is 3.38. The van der Waals surface area contributed by atoms with Crippen LogP contribution in [0, 0.1) is 0 Å². The van der Waals surface area contributed by atoms with Crippen molar-refractivity contribution in [1.29, 1.82) is 0 Å². The van der Waals surface area contributed by atoms with Crippen molar-refractivity contribution in [3.63, 3.8) is 0 Å². The van der Waals surface area contributed by atoms with Crippen molar-refractivity contribution in [1.82, 2.24) is 4.90 Å². The zero-order valence-corrected chi connectivity index (χ0v) is 14.2. The molecule has 1 aliphatic heterocycles. The van der Waals surface area contributed by atoms with E-state index in [4.69, 9.17) is 0 Å². The SMILES string of the molecule is CC(=O)N1CCc2ccccc2C1CC(=O)Nc1cccc(CO)c1. The van der Waals surface area contributed by atoms with Crippen molar-refractivity contribution in [2.24, 2.45) is 0 Å². The first-order chi connectivity index (χ1) is 12.1. The van der Waals surface area contributed by atoms with Crippen LogP contribution >= 0.6 is 0 Å². The summed E-state index contributed by atoms with van der Waals surface area (Å²) in [5.41, 5.74) is 3.63. The maximum Gasteiger partial charge on any atom is 0.226 e. The van der Waals surface area contributed by atoms with Gasteiger partial charge in [-0.2, -0.15) is 0 Å². The zero-order chi connectivity index (χ0) is 17.8. The molecule has 3 rings (SSSR count). The van der Waals surface area contributed by atoms with Crippen LogP contribution in [0.25, 0.3) is 0 Å². The van der Waals surface area contributed by atoms with Crippen LogP contribution in [0.2, 0.25) is 0 Å². The molecule has 0 bridgehead atoms. The van der Waals surface area contributed by atoms with E-state index in [-0.39, 0.29) is 30.9 Å². The predicted molar refractivity (Wildman–Crippen MR) is 95.9 cm³/mol. The number of carbonyl (C=O) groups is 2. The van der Waals surface area contributed by atoms with Gasteiger partial charge in [-0.15, -0.1) is 0 Å². The Labute approximate surface area is 147 Å². The van der Waals surface area contributed by atoms with Crippen molar-refractivity contribution in [3.05, 3.63) is 65.2 Å². The lowest BCUT2D eigenvalue weighted by Gasteiger charge is -2.36. The van der Waals surface area contributed by atoms with Gasteiger partial charge in [0.25, 0.3) is 0 Å². The van der Waals surface area contributed by atoms with Gasteiger partial charge in [-0.3, -0.25) is 9.59 Å². The minimum atomic E-state index is -0.247. The highest BCUT2D eigenvalue weighted by molar-refractivity contribution is 5.91. The van der Waals surface area contributed by atoms with Gasteiger partial charge < -0.3 is 15.3 Å². The number of nitrogens with zero attached hydrogens (tertiary/aromatic N) is 1. The minimum Gasteiger partial charge on any atom is -0.392 e. The van der Waals surface area contributed by atoms with Crippen LogP contribution in [0.1, 0.15) is 36.1 Å². The van der Waals surface area contributed by atoms with E-state index in [1.54, 1.807) is 36.1 Å². The summed E-state index contributed by atoms with van der Waals surface area (Å²) in [4.78, 5) is 26.3. The van der Waals surface area contributed by atoms with Crippen LogP contribution in [-0.4, -0.2) is 28.4 Å². The fraction of sp³-hybridized carbons (Fsp3) is 0.300. The number of benzene rings is 2. The lowest BCUT2D eigenvalue weighted by molar-refractivity contribution is -0.132. The molecular weight excluding hydrogens is 316 g/mol. The van der Waals surface area contributed by atoms with Gasteiger partial charge in [0, 0.05) is 19.2 Å². The van der Waals surface area contributed by atoms with Gasteiger partial charge >= 0.3 is 0 Å². The summed E-state index contributed by atoms with van der Waals surface area (Å²) in [6.07, 6.45) is 1.02. The summed E-state index contributed by atoms with van der Waals surface area (Å²) in [7, 11) is 0. The number of anilines is 1. The highest BCUT2D eigenvalue weighted by Gasteiger charge is 2.30. The molecule has 0 saturated carbocycles. The van der Waals surface area contributed by atoms with Crippen molar-refractivity contribution in [2.45, 2.75) is 32.4 Å². The lowest BCUT2D eigenvalue weighted by atomic mass is 9.90. The monoisotopic (exact) mass is 338 g/mol. The molecule has 2 N–H and O–H groups in total. The Hall–Kier alpha value is -2.66. The van der Waals surface area contributed by atoms with Crippen LogP contribution in [-0.2, 0) is 22.6 Å². The third kappa shape index (κ3) is 3.88. The number of aliphatic hydroxyl groups is 1. The van der Waals surface area contributed by atoms with Gasteiger partial charge in [0.15, 0.2) is 0 Å². The van der Waals surface area contributed by atoms with Crippen LogP contribution in [0.5, 0.6) is 0 Å². The second-order valence-electron chi connectivity index (χ2n) is 6.29. The molecule has 0 radical (unpaired) electrons. The van der Waals surface area contributed by atoms with Crippen molar-refractivity contribution in [2.75, 3.05) is 11.9 Å². The van der Waals surface area contributed by atoms with E-state index in [0.717, 1.165) is 17.5 Å². The summed E-state index contributed by atoms with van der Waals surface area (Å²) in [5.74, 6) is -0.169. The van der Waals surface area contributed by atoms with Crippen LogP contribution in [0.4, 0.5) is 5.69 Å². The summed E-state index contributed by atoms with van der Waals surface area (Å²) in [6, 6.07) is 14.9. The standard InChI is InChI=1S/C20H22N2O3/c1-14(24)22-10-9-16-6-2-3-8-18(16)19(22)12-20(25)21-17-7-4-5-15(11-17)13-23/h2-8,11,19,23H,9-10,12-13H2,1H3,(H,21,25). The molecule has 1 atom stereocenters. The van der Waals surface area contributed by atoms with Crippen molar-refractivity contribution < 1.29 is 14.7 Å². The second kappa shape index (κ2) is 7.49. The molecule has 1 heterocycles. The van der Waals surface area contributed by atoms with Gasteiger partial charge in [-0.25, -0.2) is 0 Å². The molecule has 5 nitrogen and oxygen atoms in total. The van der Waals surface area contributed by atoms with Crippen LogP contribution < -0.4 is 5.32 Å². The normalized spacial score (nSPS) is 16.2. The molecule has 0 fully saturated rings. The smallest absolute Gasteiger partial charge is 0.226 e. The van der Waals surface area contributed by atoms with E-state index in [1.807, 2.05) is 18.2 Å². The largest absolute Gasteiger partial charge is 0.392 e. The van der Waals surface area contributed by atoms with E-state index in [9.17, 15) is 14.7 Å². The number of rotatable bonds is 4. The maximum absolute atomic E-state index is 12.5. The van der Waals surface area contributed by atoms with Gasteiger partial charge in [-0.1, -0.05) is 36.4 Å². The molecule has 2 aromatic carbocycles. The molecule has 0 aromatic heterocycles. The van der Waals surface area contributed by atoms with E-state index in [0.29, 0.717) is 12.2 Å². The third-order valence-electron chi connectivity index (χ3n) is 4.59. The molecule has 2 amide bonds. The predicted octanol–water partition coefficient (Wildman–Crippen LogP) is 2.65. The Morgan fingerprint density at radius 1 is 1.20 bits per heavy atom. The Bertz CT molecular complexity index is 788. The average molecular weight is 338 g/mol. The second-order valence-corrected chi connectivity index (χ2v) is 6.29. The number of carbonyl (C=O) groups excluding carboxylic acids is 2. The number of hydrogen-bond acceptors (Lipinski definition) is 3. The summed E-state index contributed by atoms with van der Waals surface area (Å²) in [5, 5.41) is 12.1. The first-order valence-corrected chi connectivity index (χ1v) is 8.43. The maximum atomic E-state index is 12.5. The highest BCUT2D eigenvalue weighted by Crippen LogP contribution is 2.32. The van der Waals surface area contributed by atoms with Gasteiger partial charge in [0.2, 0.25) is 11.8 Å². The molecule has 1 unspecified atom stereocenters. The number of nitrogens with one attached hydrogen (secondary N) is 1. The van der Waals surface area contributed by atoms with E-state index in [1.165, 1.54) is 5.56 Å². The summed E-state index contributed by atoms with van der Waals surface area (Å²) in [6.45, 7) is 2.10. The molecular formula is C20H22N2O3. The topological polar surface area (TPSA) is 69.6 Å². The van der Waals surface area contributed by atoms with Crippen LogP contribution in [0.15, 0.2) is 48.5 Å². The quantitative estimate of drug-likeness (QED) is 0.900. The molecule has 2 aromatic rings. The Kier molecular flexibility index (Phi) is 5.14. The average Bonchev–Trinajstić information content (AvgIpc) is 2.61. The molecule has 1 aliphatic rings. The minimum absolute atomic E-state index is 0.0189. The molecule has 0 aliphatic carbocycles. The summed E-state index contributed by atoms with van der Waals surface area (Å²) >= 11 is 0. The zero-order valence-electron chi connectivity index (χ0n) is 14.2. The van der Waals surface area contributed by atoms with Crippen molar-refractivity contribution >= 4 is 17.5 Å². The molecule has 0 saturated heterocycles. The molecule has 25 heavy (non-hydrogen) atoms. The Morgan fingerprint density at radius 3 is 2.76 bits per heavy atom. The fourth-order valence-electron chi connectivity index (χ4n) is 3.38. The molecule has 130 valence electrons.